The Bertz CT molecular complexity index is 928. The molecule has 1 N–H and O–H groups in total. The van der Waals surface area contributed by atoms with Gasteiger partial charge >= 0.3 is 5.97 Å². The molecule has 2 atom stereocenters. The highest BCUT2D eigenvalue weighted by atomic mass is 32.2. The quantitative estimate of drug-likeness (QED) is 0.618. The molecule has 2 aliphatic rings. The van der Waals surface area contributed by atoms with Crippen LogP contribution in [-0.4, -0.2) is 79.7 Å². The summed E-state index contributed by atoms with van der Waals surface area (Å²) in [6.07, 6.45) is 0. The Labute approximate surface area is 180 Å². The summed E-state index contributed by atoms with van der Waals surface area (Å²) >= 11 is 1.27. The maximum absolute atomic E-state index is 12.2. The summed E-state index contributed by atoms with van der Waals surface area (Å²) in [4.78, 5) is 30.8. The Morgan fingerprint density at radius 2 is 1.87 bits per heavy atom. The van der Waals surface area contributed by atoms with Crippen LogP contribution >= 0.6 is 11.8 Å². The predicted molar refractivity (Wildman–Crippen MR) is 117 cm³/mol. The molecule has 2 heterocycles. The molecule has 2 fully saturated rings. The Morgan fingerprint density at radius 1 is 1.20 bits per heavy atom. The fraction of sp³-hybridized carbons (Fsp3) is 0.526. The summed E-state index contributed by atoms with van der Waals surface area (Å²) in [5, 5.41) is 8.82. The fourth-order valence-electron chi connectivity index (χ4n) is 3.64. The van der Waals surface area contributed by atoms with Crippen molar-refractivity contribution in [1.29, 1.82) is 0 Å². The number of aliphatic imine (C=N–C) groups is 1. The summed E-state index contributed by atoms with van der Waals surface area (Å²) in [5.74, 6) is -1.73. The van der Waals surface area contributed by atoms with Gasteiger partial charge in [0.2, 0.25) is 0 Å². The summed E-state index contributed by atoms with van der Waals surface area (Å²) < 4.78 is 29.1. The molecule has 1 aromatic carbocycles. The van der Waals surface area contributed by atoms with Gasteiger partial charge in [-0.05, 0) is 38.1 Å². The van der Waals surface area contributed by atoms with Crippen molar-refractivity contribution in [1.82, 2.24) is 0 Å². The SMILES string of the molecule is CCN(CC)c1ccc(N2C(=NC(=O)COCC(=O)O)S[C@@H]3CS(=O)(=O)C[C@H]32)cc1. The van der Waals surface area contributed by atoms with Crippen molar-refractivity contribution in [2.24, 2.45) is 4.99 Å². The van der Waals surface area contributed by atoms with E-state index >= 15 is 0 Å². The van der Waals surface area contributed by atoms with Gasteiger partial charge in [0.05, 0.1) is 17.5 Å². The number of amidine groups is 1. The average Bonchev–Trinajstić information content (AvgIpc) is 3.13. The molecule has 9 nitrogen and oxygen atoms in total. The number of anilines is 2. The molecular formula is C19H25N3O6S2. The number of ether oxygens (including phenoxy) is 1. The molecule has 3 rings (SSSR count). The van der Waals surface area contributed by atoms with Crippen molar-refractivity contribution in [3.8, 4) is 0 Å². The van der Waals surface area contributed by atoms with Crippen molar-refractivity contribution in [3.05, 3.63) is 24.3 Å². The third-order valence-electron chi connectivity index (χ3n) is 4.99. The highest BCUT2D eigenvalue weighted by molar-refractivity contribution is 8.16. The molecule has 0 bridgehead atoms. The van der Waals surface area contributed by atoms with Gasteiger partial charge in [-0.3, -0.25) is 4.79 Å². The average molecular weight is 456 g/mol. The number of hydrogen-bond acceptors (Lipinski definition) is 7. The van der Waals surface area contributed by atoms with Gasteiger partial charge in [-0.2, -0.15) is 4.99 Å². The minimum absolute atomic E-state index is 0.00515. The Hall–Kier alpha value is -2.11. The van der Waals surface area contributed by atoms with Gasteiger partial charge in [-0.25, -0.2) is 13.2 Å². The molecule has 0 aliphatic carbocycles. The van der Waals surface area contributed by atoms with Gasteiger partial charge < -0.3 is 19.6 Å². The smallest absolute Gasteiger partial charge is 0.329 e. The molecule has 0 spiro atoms. The third-order valence-corrected chi connectivity index (χ3v) is 8.20. The molecule has 0 aromatic heterocycles. The Balaban J connectivity index is 1.85. The molecule has 0 unspecified atom stereocenters. The van der Waals surface area contributed by atoms with E-state index in [1.54, 1.807) is 4.90 Å². The van der Waals surface area contributed by atoms with Gasteiger partial charge in [0.1, 0.15) is 13.2 Å². The van der Waals surface area contributed by atoms with E-state index in [0.717, 1.165) is 24.5 Å². The second-order valence-corrected chi connectivity index (χ2v) is 10.4. The first-order valence-electron chi connectivity index (χ1n) is 9.66. The van der Waals surface area contributed by atoms with Crippen LogP contribution in [0.4, 0.5) is 11.4 Å². The van der Waals surface area contributed by atoms with Gasteiger partial charge in [-0.1, -0.05) is 11.8 Å². The van der Waals surface area contributed by atoms with Crippen LogP contribution in [0.25, 0.3) is 0 Å². The zero-order valence-corrected chi connectivity index (χ0v) is 18.5. The molecule has 1 amide bonds. The first kappa shape index (κ1) is 22.6. The number of nitrogens with zero attached hydrogens (tertiary/aromatic N) is 3. The molecule has 1 aromatic rings. The molecule has 30 heavy (non-hydrogen) atoms. The van der Waals surface area contributed by atoms with Crippen LogP contribution in [0.5, 0.6) is 0 Å². The van der Waals surface area contributed by atoms with Crippen molar-refractivity contribution in [2.75, 3.05) is 47.6 Å². The number of carbonyl (C=O) groups excluding carboxylic acids is 1. The molecule has 2 aliphatic heterocycles. The predicted octanol–water partition coefficient (Wildman–Crippen LogP) is 1.24. The van der Waals surface area contributed by atoms with Crippen LogP contribution < -0.4 is 9.80 Å². The minimum atomic E-state index is -3.15. The van der Waals surface area contributed by atoms with Crippen LogP contribution in [0.2, 0.25) is 0 Å². The first-order chi connectivity index (χ1) is 14.2. The van der Waals surface area contributed by atoms with E-state index in [1.165, 1.54) is 11.8 Å². The minimum Gasteiger partial charge on any atom is -0.480 e. The largest absolute Gasteiger partial charge is 0.480 e. The molecular weight excluding hydrogens is 430 g/mol. The summed E-state index contributed by atoms with van der Waals surface area (Å²) in [6.45, 7) is 4.87. The number of fused-ring (bicyclic) bond motifs is 1. The van der Waals surface area contributed by atoms with Crippen molar-refractivity contribution < 1.29 is 27.9 Å². The lowest BCUT2D eigenvalue weighted by Gasteiger charge is -2.26. The van der Waals surface area contributed by atoms with Crippen molar-refractivity contribution >= 4 is 50.0 Å². The zero-order chi connectivity index (χ0) is 21.9. The van der Waals surface area contributed by atoms with Crippen LogP contribution in [-0.2, 0) is 24.2 Å². The van der Waals surface area contributed by atoms with E-state index in [0.29, 0.717) is 5.17 Å². The molecule has 164 valence electrons. The number of carboxylic acids is 1. The van der Waals surface area contributed by atoms with Crippen molar-refractivity contribution in [3.63, 3.8) is 0 Å². The number of aliphatic carboxylic acids is 1. The van der Waals surface area contributed by atoms with E-state index in [-0.39, 0.29) is 22.8 Å². The van der Waals surface area contributed by atoms with E-state index in [1.807, 2.05) is 24.3 Å². The lowest BCUT2D eigenvalue weighted by Crippen LogP contribution is -2.37. The Morgan fingerprint density at radius 3 is 2.47 bits per heavy atom. The first-order valence-corrected chi connectivity index (χ1v) is 12.4. The van der Waals surface area contributed by atoms with E-state index < -0.39 is 34.9 Å². The standard InChI is InChI=1S/C19H25N3O6S2/c1-3-21(4-2)13-5-7-14(8-6-13)22-15-11-30(26,27)12-16(15)29-19(22)20-17(23)9-28-10-18(24)25/h5-8,15-16H,3-4,9-12H2,1-2H3,(H,24,25)/t15-,16-/m1/s1. The third kappa shape index (κ3) is 5.13. The van der Waals surface area contributed by atoms with Crippen LogP contribution in [0, 0.1) is 0 Å². The fourth-order valence-corrected chi connectivity index (χ4v) is 7.58. The monoisotopic (exact) mass is 455 g/mol. The Kier molecular flexibility index (Phi) is 7.04. The summed E-state index contributed by atoms with van der Waals surface area (Å²) in [5.41, 5.74) is 1.82. The molecule has 0 radical (unpaired) electrons. The van der Waals surface area contributed by atoms with E-state index in [2.05, 4.69) is 23.7 Å². The molecule has 0 saturated carbocycles. The van der Waals surface area contributed by atoms with Gasteiger partial charge in [0.25, 0.3) is 5.91 Å². The highest BCUT2D eigenvalue weighted by Crippen LogP contribution is 2.41. The van der Waals surface area contributed by atoms with Gasteiger partial charge in [-0.15, -0.1) is 0 Å². The maximum Gasteiger partial charge on any atom is 0.329 e. The summed E-state index contributed by atoms with van der Waals surface area (Å²) in [6, 6.07) is 7.45. The van der Waals surface area contributed by atoms with Crippen molar-refractivity contribution in [2.45, 2.75) is 25.1 Å². The van der Waals surface area contributed by atoms with E-state index in [9.17, 15) is 18.0 Å². The number of carboxylic acid groups (broad SMARTS) is 1. The number of thioether (sulfide) groups is 1. The number of rotatable bonds is 8. The van der Waals surface area contributed by atoms with E-state index in [4.69, 9.17) is 9.84 Å². The number of carbonyl (C=O) groups is 2. The van der Waals surface area contributed by atoms with Crippen LogP contribution in [0.3, 0.4) is 0 Å². The summed E-state index contributed by atoms with van der Waals surface area (Å²) in [7, 11) is -3.15. The second-order valence-electron chi connectivity index (χ2n) is 7.03. The lowest BCUT2D eigenvalue weighted by atomic mass is 10.2. The highest BCUT2D eigenvalue weighted by Gasteiger charge is 2.49. The van der Waals surface area contributed by atoms with Crippen LogP contribution in [0.15, 0.2) is 29.3 Å². The maximum atomic E-state index is 12.2. The lowest BCUT2D eigenvalue weighted by molar-refractivity contribution is -0.143. The second kappa shape index (κ2) is 9.36. The molecule has 11 heteroatoms. The number of sulfone groups is 1. The van der Waals surface area contributed by atoms with Crippen LogP contribution in [0.1, 0.15) is 13.8 Å². The topological polar surface area (TPSA) is 117 Å². The number of hydrogen-bond donors (Lipinski definition) is 1. The molecule has 2 saturated heterocycles. The normalized spacial score (nSPS) is 23.5. The zero-order valence-electron chi connectivity index (χ0n) is 16.9. The van der Waals surface area contributed by atoms with Gasteiger partial charge in [0.15, 0.2) is 15.0 Å². The number of amides is 1. The van der Waals surface area contributed by atoms with Gasteiger partial charge in [0, 0.05) is 29.7 Å². The number of benzene rings is 1.